The van der Waals surface area contributed by atoms with Crippen molar-refractivity contribution in [1.29, 1.82) is 0 Å². The van der Waals surface area contributed by atoms with E-state index < -0.39 is 11.7 Å². The highest BCUT2D eigenvalue weighted by molar-refractivity contribution is 5.63. The third-order valence-electron chi connectivity index (χ3n) is 2.76. The van der Waals surface area contributed by atoms with Crippen LogP contribution in [0.2, 0.25) is 0 Å². The van der Waals surface area contributed by atoms with Gasteiger partial charge in [0.15, 0.2) is 0 Å². The lowest BCUT2D eigenvalue weighted by Gasteiger charge is -2.08. The van der Waals surface area contributed by atoms with E-state index in [0.717, 1.165) is 12.1 Å². The number of nitrogens with one attached hydrogen (secondary N) is 1. The highest BCUT2D eigenvalue weighted by Crippen LogP contribution is 2.31. The van der Waals surface area contributed by atoms with Crippen molar-refractivity contribution in [2.45, 2.75) is 13.1 Å². The third kappa shape index (κ3) is 2.05. The molecule has 0 aliphatic rings. The molecule has 0 atom stereocenters. The zero-order valence-electron chi connectivity index (χ0n) is 9.80. The standard InChI is InChI=1S/C12H11F3N2O/c1-7-10(16-17(2)11(7)18)8-4-3-5-9(6-8)12(13,14)15/h3-6,16H,1-2H3. The predicted molar refractivity (Wildman–Crippen MR) is 61.2 cm³/mol. The number of nitrogens with zero attached hydrogens (tertiary/aromatic N) is 1. The molecule has 1 aromatic carbocycles. The fourth-order valence-corrected chi connectivity index (χ4v) is 1.79. The third-order valence-corrected chi connectivity index (χ3v) is 2.76. The van der Waals surface area contributed by atoms with Crippen molar-refractivity contribution < 1.29 is 13.2 Å². The van der Waals surface area contributed by atoms with Crippen LogP contribution in [0.1, 0.15) is 11.1 Å². The number of H-pyrrole nitrogens is 1. The number of halogens is 3. The molecule has 18 heavy (non-hydrogen) atoms. The largest absolute Gasteiger partial charge is 0.416 e. The Morgan fingerprint density at radius 2 is 1.94 bits per heavy atom. The van der Waals surface area contributed by atoms with E-state index in [9.17, 15) is 18.0 Å². The fraction of sp³-hybridized carbons (Fsp3) is 0.250. The minimum Gasteiger partial charge on any atom is -0.295 e. The van der Waals surface area contributed by atoms with Crippen molar-refractivity contribution in [3.63, 3.8) is 0 Å². The number of aryl methyl sites for hydroxylation is 1. The van der Waals surface area contributed by atoms with Crippen LogP contribution in [0.5, 0.6) is 0 Å². The molecule has 0 saturated heterocycles. The minimum absolute atomic E-state index is 0.248. The maximum Gasteiger partial charge on any atom is 0.416 e. The van der Waals surface area contributed by atoms with E-state index in [1.54, 1.807) is 6.92 Å². The lowest BCUT2D eigenvalue weighted by atomic mass is 10.1. The predicted octanol–water partition coefficient (Wildman–Crippen LogP) is 2.71. The van der Waals surface area contributed by atoms with E-state index in [-0.39, 0.29) is 5.56 Å². The number of aromatic amines is 1. The molecule has 1 heterocycles. The van der Waals surface area contributed by atoms with Crippen LogP contribution in [0.15, 0.2) is 29.1 Å². The van der Waals surface area contributed by atoms with E-state index in [1.807, 2.05) is 0 Å². The van der Waals surface area contributed by atoms with Gasteiger partial charge in [0.05, 0.1) is 11.3 Å². The van der Waals surface area contributed by atoms with Crippen LogP contribution in [0, 0.1) is 6.92 Å². The maximum atomic E-state index is 12.6. The monoisotopic (exact) mass is 256 g/mol. The second-order valence-electron chi connectivity index (χ2n) is 4.05. The normalized spacial score (nSPS) is 11.8. The van der Waals surface area contributed by atoms with Gasteiger partial charge in [-0.15, -0.1) is 0 Å². The molecule has 0 saturated carbocycles. The average molecular weight is 256 g/mol. The molecule has 96 valence electrons. The summed E-state index contributed by atoms with van der Waals surface area (Å²) in [5.74, 6) is 0. The van der Waals surface area contributed by atoms with Crippen molar-refractivity contribution in [1.82, 2.24) is 9.78 Å². The summed E-state index contributed by atoms with van der Waals surface area (Å²) in [5, 5.41) is 2.74. The van der Waals surface area contributed by atoms with Crippen LogP contribution < -0.4 is 5.56 Å². The highest BCUT2D eigenvalue weighted by Gasteiger charge is 2.30. The van der Waals surface area contributed by atoms with Gasteiger partial charge in [0, 0.05) is 18.2 Å². The average Bonchev–Trinajstić information content (AvgIpc) is 2.56. The van der Waals surface area contributed by atoms with Gasteiger partial charge in [-0.3, -0.25) is 14.6 Å². The van der Waals surface area contributed by atoms with Crippen molar-refractivity contribution in [3.8, 4) is 11.3 Å². The molecule has 0 unspecified atom stereocenters. The molecular formula is C12H11F3N2O. The van der Waals surface area contributed by atoms with Crippen LogP contribution >= 0.6 is 0 Å². The van der Waals surface area contributed by atoms with Gasteiger partial charge < -0.3 is 0 Å². The molecule has 0 spiro atoms. The molecule has 2 aromatic rings. The van der Waals surface area contributed by atoms with Crippen LogP contribution in [0.4, 0.5) is 13.2 Å². The van der Waals surface area contributed by atoms with Gasteiger partial charge in [0.1, 0.15) is 0 Å². The number of benzene rings is 1. The van der Waals surface area contributed by atoms with E-state index in [0.29, 0.717) is 16.8 Å². The van der Waals surface area contributed by atoms with E-state index >= 15 is 0 Å². The van der Waals surface area contributed by atoms with Gasteiger partial charge in [-0.05, 0) is 19.1 Å². The summed E-state index contributed by atoms with van der Waals surface area (Å²) in [6, 6.07) is 4.88. The summed E-state index contributed by atoms with van der Waals surface area (Å²) in [6.07, 6.45) is -4.39. The van der Waals surface area contributed by atoms with Gasteiger partial charge in [0.25, 0.3) is 5.56 Å². The van der Waals surface area contributed by atoms with Crippen molar-refractivity contribution in [2.75, 3.05) is 0 Å². The fourth-order valence-electron chi connectivity index (χ4n) is 1.79. The number of hydrogen-bond acceptors (Lipinski definition) is 1. The quantitative estimate of drug-likeness (QED) is 0.837. The number of alkyl halides is 3. The zero-order valence-corrected chi connectivity index (χ0v) is 9.80. The first-order valence-corrected chi connectivity index (χ1v) is 5.24. The summed E-state index contributed by atoms with van der Waals surface area (Å²) in [5.41, 5.74) is 0.178. The SMILES string of the molecule is Cc1c(-c2cccc(C(F)(F)F)c2)[nH]n(C)c1=O. The first-order valence-electron chi connectivity index (χ1n) is 5.24. The summed E-state index contributed by atoms with van der Waals surface area (Å²) in [6.45, 7) is 1.58. The summed E-state index contributed by atoms with van der Waals surface area (Å²) in [4.78, 5) is 11.6. The molecule has 1 aromatic heterocycles. The molecule has 0 aliphatic heterocycles. The van der Waals surface area contributed by atoms with Crippen LogP contribution in [-0.4, -0.2) is 9.78 Å². The van der Waals surface area contributed by atoms with E-state index in [2.05, 4.69) is 5.10 Å². The van der Waals surface area contributed by atoms with Crippen LogP contribution in [0.3, 0.4) is 0 Å². The number of rotatable bonds is 1. The topological polar surface area (TPSA) is 37.8 Å². The molecule has 3 nitrogen and oxygen atoms in total. The van der Waals surface area contributed by atoms with Gasteiger partial charge in [-0.25, -0.2) is 0 Å². The van der Waals surface area contributed by atoms with E-state index in [1.165, 1.54) is 23.9 Å². The Morgan fingerprint density at radius 1 is 1.28 bits per heavy atom. The van der Waals surface area contributed by atoms with Crippen molar-refractivity contribution in [3.05, 3.63) is 45.7 Å². The Hall–Kier alpha value is -1.98. The second-order valence-corrected chi connectivity index (χ2v) is 4.05. The molecular weight excluding hydrogens is 245 g/mol. The first-order chi connectivity index (χ1) is 8.30. The first kappa shape index (κ1) is 12.5. The Kier molecular flexibility index (Phi) is 2.80. The Bertz CT molecular complexity index is 638. The molecule has 6 heteroatoms. The van der Waals surface area contributed by atoms with Gasteiger partial charge >= 0.3 is 6.18 Å². The van der Waals surface area contributed by atoms with Gasteiger partial charge in [-0.2, -0.15) is 13.2 Å². The smallest absolute Gasteiger partial charge is 0.295 e. The second kappa shape index (κ2) is 4.04. The molecule has 0 bridgehead atoms. The Labute approximate surface area is 101 Å². The number of aromatic nitrogens is 2. The lowest BCUT2D eigenvalue weighted by molar-refractivity contribution is -0.137. The van der Waals surface area contributed by atoms with Gasteiger partial charge in [-0.1, -0.05) is 12.1 Å². The van der Waals surface area contributed by atoms with Crippen LogP contribution in [-0.2, 0) is 13.2 Å². The lowest BCUT2D eigenvalue weighted by Crippen LogP contribution is -2.12. The minimum atomic E-state index is -4.39. The maximum absolute atomic E-state index is 12.6. The molecule has 1 N–H and O–H groups in total. The van der Waals surface area contributed by atoms with Crippen molar-refractivity contribution in [2.24, 2.45) is 7.05 Å². The van der Waals surface area contributed by atoms with Crippen molar-refractivity contribution >= 4 is 0 Å². The molecule has 0 amide bonds. The Morgan fingerprint density at radius 3 is 2.44 bits per heavy atom. The summed E-state index contributed by atoms with van der Waals surface area (Å²) < 4.78 is 39.0. The number of hydrogen-bond donors (Lipinski definition) is 1. The van der Waals surface area contributed by atoms with Crippen LogP contribution in [0.25, 0.3) is 11.3 Å². The van der Waals surface area contributed by atoms with Gasteiger partial charge in [0.2, 0.25) is 0 Å². The molecule has 2 rings (SSSR count). The molecule has 0 radical (unpaired) electrons. The highest BCUT2D eigenvalue weighted by atomic mass is 19.4. The summed E-state index contributed by atoms with van der Waals surface area (Å²) in [7, 11) is 1.52. The Balaban J connectivity index is 2.58. The zero-order chi connectivity index (χ0) is 13.5. The summed E-state index contributed by atoms with van der Waals surface area (Å²) >= 11 is 0. The van der Waals surface area contributed by atoms with E-state index in [4.69, 9.17) is 0 Å². The molecule has 0 fully saturated rings. The molecule has 0 aliphatic carbocycles.